The van der Waals surface area contributed by atoms with Crippen LogP contribution in [-0.2, 0) is 0 Å². The van der Waals surface area contributed by atoms with E-state index in [1.54, 1.807) is 0 Å². The van der Waals surface area contributed by atoms with E-state index in [1.807, 2.05) is 13.8 Å². The topological polar surface area (TPSA) is 47.9 Å². The van der Waals surface area contributed by atoms with Gasteiger partial charge in [-0.05, 0) is 52.0 Å². The molecule has 1 heterocycles. The lowest BCUT2D eigenvalue weighted by molar-refractivity contribution is 0.248. The van der Waals surface area contributed by atoms with E-state index in [9.17, 15) is 0 Å². The molecule has 18 heavy (non-hydrogen) atoms. The number of hydrogen-bond donors (Lipinski definition) is 2. The molecule has 2 N–H and O–H groups in total. The Morgan fingerprint density at radius 1 is 1.22 bits per heavy atom. The van der Waals surface area contributed by atoms with E-state index in [0.29, 0.717) is 12.1 Å². The van der Waals surface area contributed by atoms with Gasteiger partial charge < -0.3 is 10.6 Å². The van der Waals surface area contributed by atoms with Crippen LogP contribution in [0.4, 0.5) is 0 Å². The molecular formula is C15H27N3. The van der Waals surface area contributed by atoms with Gasteiger partial charge in [-0.25, -0.2) is 0 Å². The van der Waals surface area contributed by atoms with Crippen LogP contribution in [0.1, 0.15) is 52.4 Å². The Morgan fingerprint density at radius 2 is 2.06 bits per heavy atom. The maximum atomic E-state index is 9.08. The third-order valence-corrected chi connectivity index (χ3v) is 4.54. The maximum Gasteiger partial charge on any atom is 0.0697 e. The molecule has 0 spiro atoms. The van der Waals surface area contributed by atoms with Crippen LogP contribution in [0.25, 0.3) is 0 Å². The first kappa shape index (κ1) is 13.8. The normalized spacial score (nSPS) is 33.3. The van der Waals surface area contributed by atoms with E-state index in [-0.39, 0.29) is 5.41 Å². The van der Waals surface area contributed by atoms with Gasteiger partial charge in [0.1, 0.15) is 0 Å². The van der Waals surface area contributed by atoms with Crippen LogP contribution >= 0.6 is 0 Å². The molecule has 0 aromatic heterocycles. The molecule has 0 radical (unpaired) electrons. The van der Waals surface area contributed by atoms with Crippen molar-refractivity contribution in [2.75, 3.05) is 13.1 Å². The maximum absolute atomic E-state index is 9.08. The van der Waals surface area contributed by atoms with Crippen LogP contribution in [0.2, 0.25) is 0 Å². The first-order chi connectivity index (χ1) is 8.62. The molecule has 1 saturated carbocycles. The summed E-state index contributed by atoms with van der Waals surface area (Å²) >= 11 is 0. The first-order valence-corrected chi connectivity index (χ1v) is 7.50. The predicted molar refractivity (Wildman–Crippen MR) is 74.2 cm³/mol. The average Bonchev–Trinajstić information content (AvgIpc) is 2.86. The number of rotatable bonds is 4. The molecular weight excluding hydrogens is 222 g/mol. The molecule has 1 aliphatic carbocycles. The largest absolute Gasteiger partial charge is 0.314 e. The first-order valence-electron chi connectivity index (χ1n) is 7.50. The second kappa shape index (κ2) is 6.04. The van der Waals surface area contributed by atoms with E-state index in [4.69, 9.17) is 5.26 Å². The minimum atomic E-state index is -0.243. The Labute approximate surface area is 111 Å². The molecule has 1 aliphatic heterocycles. The van der Waals surface area contributed by atoms with E-state index in [2.05, 4.69) is 16.7 Å². The fourth-order valence-corrected chi connectivity index (χ4v) is 3.39. The average molecular weight is 249 g/mol. The van der Waals surface area contributed by atoms with E-state index in [0.717, 1.165) is 12.5 Å². The third-order valence-electron chi connectivity index (χ3n) is 4.54. The molecule has 2 fully saturated rings. The monoisotopic (exact) mass is 249 g/mol. The summed E-state index contributed by atoms with van der Waals surface area (Å²) in [6, 6.07) is 3.71. The molecule has 0 aromatic carbocycles. The molecule has 3 heteroatoms. The van der Waals surface area contributed by atoms with Crippen molar-refractivity contribution < 1.29 is 0 Å². The number of hydrogen-bond acceptors (Lipinski definition) is 3. The summed E-state index contributed by atoms with van der Waals surface area (Å²) in [5.41, 5.74) is -0.243. The quantitative estimate of drug-likeness (QED) is 0.804. The molecule has 3 nitrogen and oxygen atoms in total. The van der Waals surface area contributed by atoms with Gasteiger partial charge in [-0.15, -0.1) is 0 Å². The Kier molecular flexibility index (Phi) is 4.64. The van der Waals surface area contributed by atoms with Crippen molar-refractivity contribution in [3.63, 3.8) is 0 Å². The van der Waals surface area contributed by atoms with Gasteiger partial charge in [0.05, 0.1) is 11.5 Å². The summed E-state index contributed by atoms with van der Waals surface area (Å²) in [5, 5.41) is 16.4. The van der Waals surface area contributed by atoms with E-state index in [1.165, 1.54) is 45.1 Å². The molecule has 3 atom stereocenters. The van der Waals surface area contributed by atoms with Gasteiger partial charge in [0.15, 0.2) is 0 Å². The van der Waals surface area contributed by atoms with Crippen molar-refractivity contribution in [3.05, 3.63) is 0 Å². The van der Waals surface area contributed by atoms with Crippen molar-refractivity contribution >= 4 is 0 Å². The lowest BCUT2D eigenvalue weighted by atomic mass is 9.87. The zero-order valence-corrected chi connectivity index (χ0v) is 11.8. The molecule has 0 amide bonds. The number of piperidine rings is 1. The standard InChI is InChI=1S/C15H27N3/c1-15(2,10-16)11-18-14-8-5-6-12(14)13-7-3-4-9-17-13/h12-14,17-18H,3-9,11H2,1-2H3. The van der Waals surface area contributed by atoms with E-state index >= 15 is 0 Å². The van der Waals surface area contributed by atoms with E-state index < -0.39 is 0 Å². The summed E-state index contributed by atoms with van der Waals surface area (Å²) in [4.78, 5) is 0. The fourth-order valence-electron chi connectivity index (χ4n) is 3.39. The van der Waals surface area contributed by atoms with Gasteiger partial charge in [-0.1, -0.05) is 12.8 Å². The minimum absolute atomic E-state index is 0.243. The van der Waals surface area contributed by atoms with Gasteiger partial charge in [0.25, 0.3) is 0 Å². The van der Waals surface area contributed by atoms with Gasteiger partial charge in [-0.2, -0.15) is 5.26 Å². The number of nitriles is 1. The van der Waals surface area contributed by atoms with Crippen molar-refractivity contribution in [1.82, 2.24) is 10.6 Å². The Bertz CT molecular complexity index is 299. The highest BCUT2D eigenvalue weighted by molar-refractivity contribution is 4.97. The lowest BCUT2D eigenvalue weighted by Crippen LogP contribution is -2.48. The van der Waals surface area contributed by atoms with Gasteiger partial charge >= 0.3 is 0 Å². The van der Waals surface area contributed by atoms with Gasteiger partial charge in [0, 0.05) is 18.6 Å². The summed E-state index contributed by atoms with van der Waals surface area (Å²) in [6.45, 7) is 6.04. The second-order valence-electron chi connectivity index (χ2n) is 6.63. The molecule has 0 bridgehead atoms. The predicted octanol–water partition coefficient (Wildman–Crippen LogP) is 2.44. The van der Waals surface area contributed by atoms with Gasteiger partial charge in [0.2, 0.25) is 0 Å². The molecule has 2 aliphatic rings. The van der Waals surface area contributed by atoms with Crippen molar-refractivity contribution in [3.8, 4) is 6.07 Å². The Morgan fingerprint density at radius 3 is 2.72 bits per heavy atom. The zero-order valence-electron chi connectivity index (χ0n) is 11.8. The molecule has 1 saturated heterocycles. The van der Waals surface area contributed by atoms with Crippen LogP contribution < -0.4 is 10.6 Å². The summed E-state index contributed by atoms with van der Waals surface area (Å²) < 4.78 is 0. The summed E-state index contributed by atoms with van der Waals surface area (Å²) in [5.74, 6) is 0.778. The Hall–Kier alpha value is -0.590. The Balaban J connectivity index is 1.85. The smallest absolute Gasteiger partial charge is 0.0697 e. The van der Waals surface area contributed by atoms with Crippen molar-refractivity contribution in [1.29, 1.82) is 5.26 Å². The van der Waals surface area contributed by atoms with Crippen LogP contribution in [0, 0.1) is 22.7 Å². The third kappa shape index (κ3) is 3.46. The molecule has 3 unspecified atom stereocenters. The lowest BCUT2D eigenvalue weighted by Gasteiger charge is -2.34. The summed E-state index contributed by atoms with van der Waals surface area (Å²) in [7, 11) is 0. The summed E-state index contributed by atoms with van der Waals surface area (Å²) in [6.07, 6.45) is 8.03. The highest BCUT2D eigenvalue weighted by Crippen LogP contribution is 2.32. The fraction of sp³-hybridized carbons (Fsp3) is 0.933. The molecule has 102 valence electrons. The van der Waals surface area contributed by atoms with Crippen molar-refractivity contribution in [2.45, 2.75) is 64.5 Å². The number of nitrogens with zero attached hydrogens (tertiary/aromatic N) is 1. The van der Waals surface area contributed by atoms with Crippen LogP contribution in [-0.4, -0.2) is 25.2 Å². The zero-order chi connectivity index (χ0) is 13.0. The van der Waals surface area contributed by atoms with Crippen LogP contribution in [0.3, 0.4) is 0 Å². The highest BCUT2D eigenvalue weighted by Gasteiger charge is 2.34. The number of nitrogens with one attached hydrogen (secondary N) is 2. The van der Waals surface area contributed by atoms with Crippen LogP contribution in [0.15, 0.2) is 0 Å². The van der Waals surface area contributed by atoms with Gasteiger partial charge in [-0.3, -0.25) is 0 Å². The second-order valence-corrected chi connectivity index (χ2v) is 6.63. The SMILES string of the molecule is CC(C)(C#N)CNC1CCCC1C1CCCCN1. The molecule has 2 rings (SSSR count). The van der Waals surface area contributed by atoms with Crippen LogP contribution in [0.5, 0.6) is 0 Å². The molecule has 0 aromatic rings. The van der Waals surface area contributed by atoms with Crippen molar-refractivity contribution in [2.24, 2.45) is 11.3 Å². The minimum Gasteiger partial charge on any atom is -0.314 e. The highest BCUT2D eigenvalue weighted by atomic mass is 15.0.